The van der Waals surface area contributed by atoms with Crippen LogP contribution in [0.3, 0.4) is 0 Å². The van der Waals surface area contributed by atoms with Crippen molar-refractivity contribution in [2.24, 2.45) is 5.14 Å². The third-order valence-corrected chi connectivity index (χ3v) is 11.8. The van der Waals surface area contributed by atoms with E-state index in [2.05, 4.69) is 15.0 Å². The van der Waals surface area contributed by atoms with Gasteiger partial charge in [-0.25, -0.2) is 36.4 Å². The van der Waals surface area contributed by atoms with Crippen LogP contribution < -0.4 is 19.5 Å². The second kappa shape index (κ2) is 19.4. The Morgan fingerprint density at radius 1 is 0.968 bits per heavy atom. The summed E-state index contributed by atoms with van der Waals surface area (Å²) in [6.45, 7) is 5.80. The van der Waals surface area contributed by atoms with Crippen LogP contribution in [0, 0.1) is 5.82 Å². The first-order valence-corrected chi connectivity index (χ1v) is 21.7. The molecular weight excluding hydrogens is 886 g/mol. The van der Waals surface area contributed by atoms with E-state index in [9.17, 15) is 26.4 Å². The number of ether oxygens (including phenoxy) is 4. The molecule has 2 atom stereocenters. The molecule has 6 aromatic rings. The van der Waals surface area contributed by atoms with E-state index in [1.807, 2.05) is 46.0 Å². The molecule has 2 fully saturated rings. The van der Waals surface area contributed by atoms with Crippen LogP contribution >= 0.6 is 23.2 Å². The fourth-order valence-electron chi connectivity index (χ4n) is 7.11. The fraction of sp³-hybridized carbons (Fsp3) is 0.279. The molecule has 4 heterocycles. The maximum Gasteiger partial charge on any atom is 0.282 e. The second-order valence-corrected chi connectivity index (χ2v) is 16.9. The second-order valence-electron chi connectivity index (χ2n) is 14.5. The summed E-state index contributed by atoms with van der Waals surface area (Å²) in [5, 5.41) is 9.92. The Bertz CT molecular complexity index is 2630. The molecule has 0 spiro atoms. The van der Waals surface area contributed by atoms with Crippen LogP contribution in [-0.2, 0) is 36.6 Å². The molecule has 0 radical (unpaired) electrons. The third kappa shape index (κ3) is 10.8. The van der Waals surface area contributed by atoms with Crippen molar-refractivity contribution in [1.29, 1.82) is 0 Å². The summed E-state index contributed by atoms with van der Waals surface area (Å²) in [7, 11) is -2.59. The third-order valence-electron chi connectivity index (χ3n) is 10.3. The number of carbonyl (C=O) groups is 1. The minimum atomic E-state index is -3.90. The smallest absolute Gasteiger partial charge is 0.282 e. The number of benzene rings is 4. The van der Waals surface area contributed by atoms with Gasteiger partial charge in [-0.05, 0) is 84.9 Å². The van der Waals surface area contributed by atoms with E-state index in [1.54, 1.807) is 31.6 Å². The molecule has 2 aliphatic heterocycles. The van der Waals surface area contributed by atoms with Crippen molar-refractivity contribution in [3.8, 4) is 28.4 Å². The van der Waals surface area contributed by atoms with E-state index in [-0.39, 0.29) is 28.4 Å². The number of rotatable bonds is 12. The van der Waals surface area contributed by atoms with E-state index in [0.717, 1.165) is 49.7 Å². The van der Waals surface area contributed by atoms with Crippen LogP contribution in [0.15, 0.2) is 115 Å². The van der Waals surface area contributed by atoms with Crippen molar-refractivity contribution in [2.45, 2.75) is 36.7 Å². The largest absolute Gasteiger partial charge is 0.494 e. The van der Waals surface area contributed by atoms with Crippen LogP contribution in [0.4, 0.5) is 18.9 Å². The van der Waals surface area contributed by atoms with Gasteiger partial charge in [-0.3, -0.25) is 4.79 Å². The summed E-state index contributed by atoms with van der Waals surface area (Å²) in [6.07, 6.45) is 2.14. The predicted octanol–water partition coefficient (Wildman–Crippen LogP) is 7.48. The van der Waals surface area contributed by atoms with Crippen molar-refractivity contribution in [2.75, 3.05) is 51.4 Å². The van der Waals surface area contributed by atoms with E-state index in [4.69, 9.17) is 47.3 Å². The Morgan fingerprint density at radius 3 is 2.29 bits per heavy atom. The van der Waals surface area contributed by atoms with Gasteiger partial charge in [-0.1, -0.05) is 29.3 Å². The SMILES string of the molecule is CC(=O)N1CCN(c2ccc(OC[C@H]3CO[C@](Cn4ccnc4)(c4ccc(Cl)cc4Cl)O3)cc2)CC1.COc1ccc(-c2cc(C(F)F)nn2-c2ccc(S(N)(=O)=O)cc2)cc1F. The molecule has 20 heteroatoms. The first kappa shape index (κ1) is 45.4. The molecule has 4 aromatic carbocycles. The standard InChI is InChI=1S/C26H28Cl2N4O4.C17H14F3N3O3S/c1-19(33)31-10-12-32(13-11-31)21-3-5-22(6-4-21)34-15-23-16-35-26(36-23,17-30-9-8-29-18-30)24-7-2-20(27)14-25(24)28;1-26-16-7-2-10(8-13(16)18)15-9-14(17(19)20)22-23(15)11-3-5-12(6-4-11)27(21,24)25/h2-9,14,18,23H,10-13,15-17H2,1H3;2-9,17H,1H3,(H2,21,24,25)/t23-,26-;/m0./s1. The van der Waals surface area contributed by atoms with Gasteiger partial charge in [0, 0.05) is 67.3 Å². The van der Waals surface area contributed by atoms with E-state index >= 15 is 0 Å². The van der Waals surface area contributed by atoms with Gasteiger partial charge in [-0.2, -0.15) is 5.10 Å². The lowest BCUT2D eigenvalue weighted by atomic mass is 10.1. The van der Waals surface area contributed by atoms with Crippen LogP contribution in [-0.4, -0.2) is 91.2 Å². The Balaban J connectivity index is 0.000000197. The summed E-state index contributed by atoms with van der Waals surface area (Å²) < 4.78 is 89.7. The number of primary sulfonamides is 1. The van der Waals surface area contributed by atoms with Gasteiger partial charge < -0.3 is 33.3 Å². The summed E-state index contributed by atoms with van der Waals surface area (Å²) in [5.74, 6) is -0.852. The highest BCUT2D eigenvalue weighted by atomic mass is 35.5. The van der Waals surface area contributed by atoms with E-state index < -0.39 is 33.7 Å². The average Bonchev–Trinajstić information content (AvgIpc) is 4.05. The molecule has 332 valence electrons. The highest BCUT2D eigenvalue weighted by molar-refractivity contribution is 7.89. The lowest BCUT2D eigenvalue weighted by molar-refractivity contribution is -0.189. The summed E-state index contributed by atoms with van der Waals surface area (Å²) >= 11 is 12.7. The van der Waals surface area contributed by atoms with Gasteiger partial charge in [0.2, 0.25) is 21.7 Å². The van der Waals surface area contributed by atoms with E-state index in [1.165, 1.54) is 48.2 Å². The summed E-state index contributed by atoms with van der Waals surface area (Å²) in [4.78, 5) is 19.7. The molecule has 1 amide bonds. The van der Waals surface area contributed by atoms with Gasteiger partial charge in [0.15, 0.2) is 11.6 Å². The number of hydrogen-bond acceptors (Lipinski definition) is 10. The Morgan fingerprint density at radius 2 is 1.68 bits per heavy atom. The molecule has 2 N–H and O–H groups in total. The number of nitrogens with two attached hydrogens (primary N) is 1. The van der Waals surface area contributed by atoms with Gasteiger partial charge in [-0.15, -0.1) is 0 Å². The minimum Gasteiger partial charge on any atom is -0.494 e. The van der Waals surface area contributed by atoms with Crippen molar-refractivity contribution in [1.82, 2.24) is 24.2 Å². The number of alkyl halides is 2. The first-order valence-electron chi connectivity index (χ1n) is 19.4. The number of halogens is 5. The maximum atomic E-state index is 14.0. The highest BCUT2D eigenvalue weighted by Gasteiger charge is 2.45. The van der Waals surface area contributed by atoms with Crippen molar-refractivity contribution in [3.63, 3.8) is 0 Å². The number of amides is 1. The van der Waals surface area contributed by atoms with Crippen molar-refractivity contribution in [3.05, 3.63) is 137 Å². The fourth-order valence-corrected chi connectivity index (χ4v) is 8.18. The molecule has 14 nitrogen and oxygen atoms in total. The topological polar surface area (TPSA) is 156 Å². The van der Waals surface area contributed by atoms with Gasteiger partial charge in [0.1, 0.15) is 24.2 Å². The predicted molar refractivity (Wildman–Crippen MR) is 229 cm³/mol. The number of methoxy groups -OCH3 is 1. The zero-order chi connectivity index (χ0) is 44.9. The normalized spacial score (nSPS) is 17.7. The Labute approximate surface area is 371 Å². The molecule has 8 rings (SSSR count). The number of imidazole rings is 1. The zero-order valence-electron chi connectivity index (χ0n) is 33.9. The molecule has 2 saturated heterocycles. The number of aromatic nitrogens is 4. The number of hydrogen-bond donors (Lipinski definition) is 1. The number of anilines is 1. The molecule has 0 bridgehead atoms. The quantitative estimate of drug-likeness (QED) is 0.131. The number of sulfonamides is 1. The van der Waals surface area contributed by atoms with Crippen LogP contribution in [0.1, 0.15) is 24.6 Å². The van der Waals surface area contributed by atoms with Gasteiger partial charge in [0.05, 0.1) is 47.9 Å². The minimum absolute atomic E-state index is 0.0106. The Kier molecular flexibility index (Phi) is 14.0. The van der Waals surface area contributed by atoms with Crippen LogP contribution in [0.5, 0.6) is 11.5 Å². The zero-order valence-corrected chi connectivity index (χ0v) is 36.2. The van der Waals surface area contributed by atoms with Gasteiger partial charge >= 0.3 is 0 Å². The van der Waals surface area contributed by atoms with Crippen LogP contribution in [0.25, 0.3) is 16.9 Å². The molecular formula is C43H42Cl2F3N7O7S. The van der Waals surface area contributed by atoms with Gasteiger partial charge in [0.25, 0.3) is 6.43 Å². The summed E-state index contributed by atoms with van der Waals surface area (Å²) in [6, 6.07) is 23.6. The maximum absolute atomic E-state index is 14.0. The summed E-state index contributed by atoms with van der Waals surface area (Å²) in [5.41, 5.74) is 2.12. The van der Waals surface area contributed by atoms with Crippen molar-refractivity contribution >= 4 is 44.8 Å². The van der Waals surface area contributed by atoms with Crippen molar-refractivity contribution < 1.29 is 45.3 Å². The lowest BCUT2D eigenvalue weighted by Gasteiger charge is -2.35. The molecule has 2 aliphatic rings. The molecule has 0 unspecified atom stereocenters. The monoisotopic (exact) mass is 927 g/mol. The van der Waals surface area contributed by atoms with E-state index in [0.29, 0.717) is 46.6 Å². The molecule has 0 aliphatic carbocycles. The number of nitrogens with zero attached hydrogens (tertiary/aromatic N) is 6. The average molecular weight is 929 g/mol. The highest BCUT2D eigenvalue weighted by Crippen LogP contribution is 2.41. The molecule has 0 saturated carbocycles. The molecule has 63 heavy (non-hydrogen) atoms. The number of carbonyl (C=O) groups excluding carboxylic acids is 1. The molecule has 2 aromatic heterocycles. The first-order chi connectivity index (χ1) is 30.1. The Hall–Kier alpha value is -5.63. The lowest BCUT2D eigenvalue weighted by Crippen LogP contribution is -2.48. The number of piperazine rings is 1. The van der Waals surface area contributed by atoms with Crippen LogP contribution in [0.2, 0.25) is 10.0 Å².